The van der Waals surface area contributed by atoms with Crippen LogP contribution < -0.4 is 4.74 Å². The van der Waals surface area contributed by atoms with E-state index in [1.54, 1.807) is 0 Å². The van der Waals surface area contributed by atoms with Gasteiger partial charge in [-0.1, -0.05) is 0 Å². The molecule has 1 aromatic rings. The van der Waals surface area contributed by atoms with Gasteiger partial charge in [-0.15, -0.1) is 13.2 Å². The van der Waals surface area contributed by atoms with Gasteiger partial charge in [-0.05, 0) is 22.6 Å². The maximum Gasteiger partial charge on any atom is 0.573 e. The van der Waals surface area contributed by atoms with Gasteiger partial charge >= 0.3 is 18.5 Å². The number of carbonyl (C=O) groups is 1. The third-order valence-corrected chi connectivity index (χ3v) is 2.54. The number of carboxylic acids is 1. The standard InChI is InChI=1S/C8H2F6INO3/c9-7(10,11)4-2(19-8(12,13)14)1-16-5(15)3(4)6(17)18/h1H,(H,17,18). The van der Waals surface area contributed by atoms with Crippen molar-refractivity contribution in [1.29, 1.82) is 0 Å². The summed E-state index contributed by atoms with van der Waals surface area (Å²) in [5.74, 6) is -3.77. The van der Waals surface area contributed by atoms with Gasteiger partial charge in [0.1, 0.15) is 14.8 Å². The van der Waals surface area contributed by atoms with Crippen LogP contribution in [0.5, 0.6) is 5.75 Å². The molecule has 0 aliphatic carbocycles. The van der Waals surface area contributed by atoms with Crippen molar-refractivity contribution in [3.05, 3.63) is 21.0 Å². The lowest BCUT2D eigenvalue weighted by molar-refractivity contribution is -0.276. The molecule has 19 heavy (non-hydrogen) atoms. The van der Waals surface area contributed by atoms with Crippen molar-refractivity contribution >= 4 is 28.6 Å². The summed E-state index contributed by atoms with van der Waals surface area (Å²) < 4.78 is 76.5. The van der Waals surface area contributed by atoms with Gasteiger partial charge in [0.25, 0.3) is 0 Å². The summed E-state index contributed by atoms with van der Waals surface area (Å²) in [5, 5.41) is 8.65. The zero-order chi connectivity index (χ0) is 15.0. The fourth-order valence-electron chi connectivity index (χ4n) is 1.15. The Hall–Kier alpha value is -1.27. The number of ether oxygens (including phenoxy) is 1. The van der Waals surface area contributed by atoms with Crippen LogP contribution in [-0.4, -0.2) is 22.4 Å². The Kier molecular flexibility index (Phi) is 4.17. The maximum atomic E-state index is 12.7. The van der Waals surface area contributed by atoms with Crippen molar-refractivity contribution in [2.24, 2.45) is 0 Å². The average Bonchev–Trinajstić information content (AvgIpc) is 2.15. The van der Waals surface area contributed by atoms with Gasteiger partial charge in [0.05, 0.1) is 6.20 Å². The zero-order valence-electron chi connectivity index (χ0n) is 8.43. The molecule has 0 aliphatic heterocycles. The van der Waals surface area contributed by atoms with Crippen molar-refractivity contribution in [3.63, 3.8) is 0 Å². The summed E-state index contributed by atoms with van der Waals surface area (Å²) in [7, 11) is 0. The zero-order valence-corrected chi connectivity index (χ0v) is 10.6. The predicted molar refractivity (Wildman–Crippen MR) is 55.6 cm³/mol. The summed E-state index contributed by atoms with van der Waals surface area (Å²) in [6, 6.07) is 0. The predicted octanol–water partition coefficient (Wildman–Crippen LogP) is 3.30. The first kappa shape index (κ1) is 15.8. The first-order valence-electron chi connectivity index (χ1n) is 4.18. The molecular formula is C8H2F6INO3. The number of alkyl halides is 6. The Morgan fingerprint density at radius 3 is 2.16 bits per heavy atom. The number of carboxylic acid groups (broad SMARTS) is 1. The van der Waals surface area contributed by atoms with E-state index in [0.29, 0.717) is 0 Å². The average molecular weight is 401 g/mol. The van der Waals surface area contributed by atoms with Crippen LogP contribution >= 0.6 is 22.6 Å². The molecule has 1 rings (SSSR count). The largest absolute Gasteiger partial charge is 0.573 e. The van der Waals surface area contributed by atoms with Crippen LogP contribution in [0.3, 0.4) is 0 Å². The summed E-state index contributed by atoms with van der Waals surface area (Å²) in [5.41, 5.74) is -3.42. The van der Waals surface area contributed by atoms with E-state index in [2.05, 4.69) is 9.72 Å². The summed E-state index contributed by atoms with van der Waals surface area (Å²) in [6.45, 7) is 0. The molecule has 0 bridgehead atoms. The highest BCUT2D eigenvalue weighted by Crippen LogP contribution is 2.41. The first-order chi connectivity index (χ1) is 8.43. The van der Waals surface area contributed by atoms with E-state index >= 15 is 0 Å². The summed E-state index contributed by atoms with van der Waals surface area (Å²) in [4.78, 5) is 13.9. The Balaban J connectivity index is 3.57. The molecule has 106 valence electrons. The SMILES string of the molecule is O=C(O)c1c(I)ncc(OC(F)(F)F)c1C(F)(F)F. The highest BCUT2D eigenvalue weighted by Gasteiger charge is 2.44. The van der Waals surface area contributed by atoms with Crippen LogP contribution in [-0.2, 0) is 6.18 Å². The maximum absolute atomic E-state index is 12.7. The van der Waals surface area contributed by atoms with Gasteiger partial charge in [-0.3, -0.25) is 0 Å². The minimum Gasteiger partial charge on any atom is -0.478 e. The normalized spacial score (nSPS) is 12.4. The molecule has 0 aliphatic rings. The minimum atomic E-state index is -5.40. The Labute approximate surface area is 114 Å². The summed E-state index contributed by atoms with van der Waals surface area (Å²) >= 11 is 1.17. The van der Waals surface area contributed by atoms with Crippen molar-refractivity contribution in [1.82, 2.24) is 4.98 Å². The van der Waals surface area contributed by atoms with Crippen molar-refractivity contribution < 1.29 is 41.0 Å². The van der Waals surface area contributed by atoms with Gasteiger partial charge in [-0.2, -0.15) is 13.2 Å². The third-order valence-electron chi connectivity index (χ3n) is 1.72. The lowest BCUT2D eigenvalue weighted by Crippen LogP contribution is -2.23. The van der Waals surface area contributed by atoms with E-state index in [9.17, 15) is 31.1 Å². The number of nitrogens with zero attached hydrogens (tertiary/aromatic N) is 1. The third kappa shape index (κ3) is 3.84. The number of rotatable bonds is 2. The fourth-order valence-corrected chi connectivity index (χ4v) is 1.79. The van der Waals surface area contributed by atoms with Crippen LogP contribution in [0.15, 0.2) is 6.20 Å². The number of aromatic carboxylic acids is 1. The number of hydrogen-bond acceptors (Lipinski definition) is 3. The van der Waals surface area contributed by atoms with E-state index in [4.69, 9.17) is 5.11 Å². The number of hydrogen-bond donors (Lipinski definition) is 1. The van der Waals surface area contributed by atoms with E-state index in [0.717, 1.165) is 0 Å². The molecule has 11 heteroatoms. The van der Waals surface area contributed by atoms with Gasteiger partial charge in [0.15, 0.2) is 5.75 Å². The van der Waals surface area contributed by atoms with Gasteiger partial charge in [0, 0.05) is 0 Å². The van der Waals surface area contributed by atoms with E-state index < -0.39 is 39.1 Å². The molecular weight excluding hydrogens is 399 g/mol. The molecule has 0 atom stereocenters. The van der Waals surface area contributed by atoms with E-state index in [1.807, 2.05) is 0 Å². The number of aromatic nitrogens is 1. The molecule has 0 spiro atoms. The van der Waals surface area contributed by atoms with Crippen LogP contribution in [0, 0.1) is 3.70 Å². The molecule has 0 fully saturated rings. The quantitative estimate of drug-likeness (QED) is 0.470. The topological polar surface area (TPSA) is 59.4 Å². The van der Waals surface area contributed by atoms with Gasteiger partial charge in [-0.25, -0.2) is 9.78 Å². The van der Waals surface area contributed by atoms with Crippen LogP contribution in [0.1, 0.15) is 15.9 Å². The van der Waals surface area contributed by atoms with Crippen molar-refractivity contribution in [3.8, 4) is 5.75 Å². The summed E-state index contributed by atoms with van der Waals surface area (Å²) in [6.07, 6.45) is -10.6. The van der Waals surface area contributed by atoms with Crippen LogP contribution in [0.2, 0.25) is 0 Å². The Bertz CT molecular complexity index is 512. The highest BCUT2D eigenvalue weighted by atomic mass is 127. The Morgan fingerprint density at radius 2 is 1.79 bits per heavy atom. The second-order valence-corrected chi connectivity index (χ2v) is 4.04. The lowest BCUT2D eigenvalue weighted by Gasteiger charge is -2.17. The first-order valence-corrected chi connectivity index (χ1v) is 5.26. The molecule has 0 aromatic carbocycles. The molecule has 0 amide bonds. The molecule has 0 unspecified atom stereocenters. The highest BCUT2D eigenvalue weighted by molar-refractivity contribution is 14.1. The molecule has 1 N–H and O–H groups in total. The van der Waals surface area contributed by atoms with Crippen molar-refractivity contribution in [2.75, 3.05) is 0 Å². The van der Waals surface area contributed by atoms with Crippen molar-refractivity contribution in [2.45, 2.75) is 12.5 Å². The minimum absolute atomic E-state index is 0.171. The number of pyridine rings is 1. The molecule has 0 saturated heterocycles. The lowest BCUT2D eigenvalue weighted by atomic mass is 10.1. The molecule has 1 heterocycles. The van der Waals surface area contributed by atoms with Gasteiger partial charge in [0.2, 0.25) is 0 Å². The molecule has 4 nitrogen and oxygen atoms in total. The van der Waals surface area contributed by atoms with E-state index in [-0.39, 0.29) is 6.20 Å². The van der Waals surface area contributed by atoms with Crippen LogP contribution in [0.25, 0.3) is 0 Å². The second-order valence-electron chi connectivity index (χ2n) is 3.01. The molecule has 0 saturated carbocycles. The van der Waals surface area contributed by atoms with E-state index in [1.165, 1.54) is 22.6 Å². The second kappa shape index (κ2) is 5.02. The Morgan fingerprint density at radius 1 is 1.26 bits per heavy atom. The monoisotopic (exact) mass is 401 g/mol. The fraction of sp³-hybridized carbons (Fsp3) is 0.250. The molecule has 1 aromatic heterocycles. The van der Waals surface area contributed by atoms with Crippen LogP contribution in [0.4, 0.5) is 26.3 Å². The van der Waals surface area contributed by atoms with Gasteiger partial charge < -0.3 is 9.84 Å². The smallest absolute Gasteiger partial charge is 0.478 e. The number of halogens is 7. The molecule has 0 radical (unpaired) electrons.